The normalized spacial score (nSPS) is 11.5. The van der Waals surface area contributed by atoms with Crippen molar-refractivity contribution in [2.75, 3.05) is 10.6 Å². The van der Waals surface area contributed by atoms with Crippen LogP contribution in [-0.4, -0.2) is 17.7 Å². The molecule has 0 aliphatic carbocycles. The van der Waals surface area contributed by atoms with Gasteiger partial charge in [0.15, 0.2) is 0 Å². The van der Waals surface area contributed by atoms with Crippen molar-refractivity contribution >= 4 is 46.9 Å². The Hall–Kier alpha value is -7.36. The summed E-state index contributed by atoms with van der Waals surface area (Å²) in [5.41, 5.74) is 4.11. The van der Waals surface area contributed by atoms with Crippen molar-refractivity contribution in [2.24, 2.45) is 0 Å². The number of ether oxygens (including phenoxy) is 2. The molecule has 286 valence electrons. The van der Waals surface area contributed by atoms with E-state index in [0.717, 1.165) is 21.8 Å². The first-order valence-corrected chi connectivity index (χ1v) is 19.4. The molecule has 0 aliphatic heterocycles. The van der Waals surface area contributed by atoms with Crippen LogP contribution in [-0.2, 0) is 16.2 Å². The number of thioether (sulfide) groups is 1. The average molecular weight is 782 g/mol. The van der Waals surface area contributed by atoms with Gasteiger partial charge in [0.1, 0.15) is 34.8 Å². The molecule has 7 aromatic carbocycles. The first-order chi connectivity index (χ1) is 28.4. The molecule has 3 amide bonds. The number of para-hydroxylation sites is 1. The van der Waals surface area contributed by atoms with Crippen LogP contribution in [0.3, 0.4) is 0 Å². The third-order valence-electron chi connectivity index (χ3n) is 8.76. The number of amides is 3. The molecule has 0 aliphatic rings. The van der Waals surface area contributed by atoms with Gasteiger partial charge >= 0.3 is 0 Å². The van der Waals surface area contributed by atoms with E-state index in [0.29, 0.717) is 40.6 Å². The Kier molecular flexibility index (Phi) is 13.1. The Morgan fingerprint density at radius 1 is 0.569 bits per heavy atom. The summed E-state index contributed by atoms with van der Waals surface area (Å²) < 4.78 is 11.8. The van der Waals surface area contributed by atoms with Gasteiger partial charge in [-0.15, -0.1) is 11.8 Å². The van der Waals surface area contributed by atoms with E-state index in [9.17, 15) is 14.4 Å². The highest BCUT2D eigenvalue weighted by Gasteiger charge is 2.23. The fourth-order valence-electron chi connectivity index (χ4n) is 5.83. The zero-order valence-electron chi connectivity index (χ0n) is 31.3. The van der Waals surface area contributed by atoms with Crippen molar-refractivity contribution in [3.8, 4) is 17.2 Å². The van der Waals surface area contributed by atoms with Gasteiger partial charge in [0, 0.05) is 21.8 Å². The molecule has 7 rings (SSSR count). The summed E-state index contributed by atoms with van der Waals surface area (Å²) in [6, 6.07) is 59.3. The lowest BCUT2D eigenvalue weighted by Crippen LogP contribution is -2.30. The molecule has 9 heteroatoms. The summed E-state index contributed by atoms with van der Waals surface area (Å²) in [6.45, 7) is 0.421. The number of hydrogen-bond donors (Lipinski definition) is 3. The Morgan fingerprint density at radius 3 is 1.86 bits per heavy atom. The van der Waals surface area contributed by atoms with Gasteiger partial charge in [0.25, 0.3) is 11.8 Å². The molecule has 0 heterocycles. The van der Waals surface area contributed by atoms with Crippen molar-refractivity contribution in [3.05, 3.63) is 222 Å². The average Bonchev–Trinajstić information content (AvgIpc) is 3.27. The zero-order valence-corrected chi connectivity index (χ0v) is 32.1. The molecule has 0 aromatic heterocycles. The summed E-state index contributed by atoms with van der Waals surface area (Å²) in [4.78, 5) is 41.8. The van der Waals surface area contributed by atoms with Crippen molar-refractivity contribution < 1.29 is 23.9 Å². The third kappa shape index (κ3) is 11.1. The maximum atomic E-state index is 13.9. The number of carbonyl (C=O) groups is 3. The molecule has 0 radical (unpaired) electrons. The topological polar surface area (TPSA) is 106 Å². The lowest BCUT2D eigenvalue weighted by Gasteiger charge is -2.18. The molecular formula is C49H39N3O5S. The quantitative estimate of drug-likeness (QED) is 0.0707. The van der Waals surface area contributed by atoms with Gasteiger partial charge in [-0.3, -0.25) is 14.4 Å². The van der Waals surface area contributed by atoms with Crippen LogP contribution >= 0.6 is 11.8 Å². The van der Waals surface area contributed by atoms with Crippen LogP contribution in [0, 0.1) is 0 Å². The van der Waals surface area contributed by atoms with E-state index in [4.69, 9.17) is 9.47 Å². The molecule has 0 spiro atoms. The van der Waals surface area contributed by atoms with Crippen molar-refractivity contribution in [1.29, 1.82) is 0 Å². The molecule has 3 N–H and O–H groups in total. The second-order valence-corrected chi connectivity index (χ2v) is 14.2. The van der Waals surface area contributed by atoms with Crippen molar-refractivity contribution in [1.82, 2.24) is 5.32 Å². The van der Waals surface area contributed by atoms with Crippen LogP contribution in [0.25, 0.3) is 6.08 Å². The maximum Gasteiger partial charge on any atom is 0.272 e. The first-order valence-electron chi connectivity index (χ1n) is 18.6. The predicted octanol–water partition coefficient (Wildman–Crippen LogP) is 10.9. The lowest BCUT2D eigenvalue weighted by atomic mass is 10.1. The molecule has 1 unspecified atom stereocenters. The van der Waals surface area contributed by atoms with Gasteiger partial charge in [-0.05, 0) is 102 Å². The fraction of sp³-hybridized carbons (Fsp3) is 0.0408. The molecule has 0 saturated carbocycles. The van der Waals surface area contributed by atoms with Gasteiger partial charge < -0.3 is 25.4 Å². The van der Waals surface area contributed by atoms with E-state index in [1.807, 2.05) is 133 Å². The molecule has 0 saturated heterocycles. The molecule has 0 fully saturated rings. The van der Waals surface area contributed by atoms with Gasteiger partial charge in [-0.1, -0.05) is 115 Å². The second-order valence-electron chi connectivity index (χ2n) is 13.0. The Balaban J connectivity index is 1.06. The molecule has 0 bridgehead atoms. The highest BCUT2D eigenvalue weighted by atomic mass is 32.2. The number of benzene rings is 7. The fourth-order valence-corrected chi connectivity index (χ4v) is 6.91. The second kappa shape index (κ2) is 19.5. The number of carbonyl (C=O) groups excluding carboxylic acids is 3. The summed E-state index contributed by atoms with van der Waals surface area (Å²) in [6.07, 6.45) is 1.62. The third-order valence-corrected chi connectivity index (χ3v) is 10.0. The summed E-state index contributed by atoms with van der Waals surface area (Å²) in [7, 11) is 0. The van der Waals surface area contributed by atoms with E-state index in [-0.39, 0.29) is 11.6 Å². The van der Waals surface area contributed by atoms with Gasteiger partial charge in [0.05, 0.1) is 0 Å². The summed E-state index contributed by atoms with van der Waals surface area (Å²) >= 11 is 1.35. The van der Waals surface area contributed by atoms with E-state index < -0.39 is 17.1 Å². The van der Waals surface area contributed by atoms with E-state index in [1.54, 1.807) is 66.7 Å². The Bertz CT molecular complexity index is 2460. The Morgan fingerprint density at radius 2 is 1.17 bits per heavy atom. The van der Waals surface area contributed by atoms with Crippen LogP contribution in [0.1, 0.15) is 32.3 Å². The van der Waals surface area contributed by atoms with E-state index in [1.165, 1.54) is 11.8 Å². The zero-order chi connectivity index (χ0) is 39.9. The standard InChI is InChI=1S/C49H39N3O5S/c53-47(38-18-9-3-10-19-38)52-45(32-35-24-28-41(29-25-35)56-34-36-14-5-1-6-15-36)48(54)51-40-20-13-23-44(33-40)58-46(37-16-7-2-8-17-37)49(55)50-39-26-30-43(31-27-39)57-42-21-11-4-12-22-42/h1-33,46H,34H2,(H,50,55)(H,51,54)(H,52,53)/b45-32+. The van der Waals surface area contributed by atoms with Crippen LogP contribution in [0.15, 0.2) is 205 Å². The minimum atomic E-state index is -0.618. The minimum Gasteiger partial charge on any atom is -0.489 e. The largest absolute Gasteiger partial charge is 0.489 e. The smallest absolute Gasteiger partial charge is 0.272 e. The maximum absolute atomic E-state index is 13.9. The van der Waals surface area contributed by atoms with E-state index in [2.05, 4.69) is 16.0 Å². The number of anilines is 2. The molecular weight excluding hydrogens is 743 g/mol. The molecule has 8 nitrogen and oxygen atoms in total. The molecule has 58 heavy (non-hydrogen) atoms. The summed E-state index contributed by atoms with van der Waals surface area (Å²) in [5.74, 6) is 0.878. The van der Waals surface area contributed by atoms with Crippen LogP contribution in [0.2, 0.25) is 0 Å². The summed E-state index contributed by atoms with van der Waals surface area (Å²) in [5, 5.41) is 8.17. The minimum absolute atomic E-state index is 0.0478. The molecule has 1 atom stereocenters. The lowest BCUT2D eigenvalue weighted by molar-refractivity contribution is -0.116. The van der Waals surface area contributed by atoms with E-state index >= 15 is 0 Å². The van der Waals surface area contributed by atoms with Crippen molar-refractivity contribution in [2.45, 2.75) is 16.8 Å². The number of hydrogen-bond acceptors (Lipinski definition) is 6. The first kappa shape index (κ1) is 38.9. The highest BCUT2D eigenvalue weighted by Crippen LogP contribution is 2.37. The van der Waals surface area contributed by atoms with Crippen LogP contribution < -0.4 is 25.4 Å². The monoisotopic (exact) mass is 781 g/mol. The van der Waals surface area contributed by atoms with Crippen molar-refractivity contribution in [3.63, 3.8) is 0 Å². The number of nitrogens with one attached hydrogen (secondary N) is 3. The SMILES string of the molecule is O=C(Nc1cccc(SC(C(=O)Nc2ccc(Oc3ccccc3)cc2)c2ccccc2)c1)/C(=C\c1ccc(OCc2ccccc2)cc1)NC(=O)c1ccccc1. The Labute approximate surface area is 341 Å². The van der Waals surface area contributed by atoms with Crippen LogP contribution in [0.4, 0.5) is 11.4 Å². The van der Waals surface area contributed by atoms with Gasteiger partial charge in [0.2, 0.25) is 5.91 Å². The predicted molar refractivity (Wildman–Crippen MR) is 231 cm³/mol. The van der Waals surface area contributed by atoms with Crippen LogP contribution in [0.5, 0.6) is 17.2 Å². The molecule has 7 aromatic rings. The highest BCUT2D eigenvalue weighted by molar-refractivity contribution is 8.00. The van der Waals surface area contributed by atoms with Gasteiger partial charge in [-0.25, -0.2) is 0 Å². The van der Waals surface area contributed by atoms with Gasteiger partial charge in [-0.2, -0.15) is 0 Å². The number of rotatable bonds is 15.